The van der Waals surface area contributed by atoms with Crippen LogP contribution >= 0.6 is 11.6 Å². The Labute approximate surface area is 143 Å². The summed E-state index contributed by atoms with van der Waals surface area (Å²) >= 11 is 5.78. The van der Waals surface area contributed by atoms with Crippen LogP contribution in [0.5, 0.6) is 0 Å². The van der Waals surface area contributed by atoms with E-state index in [0.717, 1.165) is 0 Å². The second-order valence-corrected chi connectivity index (χ2v) is 5.14. The van der Waals surface area contributed by atoms with Crippen molar-refractivity contribution in [3.63, 3.8) is 0 Å². The lowest BCUT2D eigenvalue weighted by atomic mass is 10.1. The highest BCUT2D eigenvalue weighted by atomic mass is 35.5. The molecule has 0 amide bonds. The third kappa shape index (κ3) is 4.53. The van der Waals surface area contributed by atoms with Gasteiger partial charge in [-0.15, -0.1) is 0 Å². The Bertz CT molecular complexity index is 778. The van der Waals surface area contributed by atoms with Crippen molar-refractivity contribution >= 4 is 34.7 Å². The molecule has 0 aliphatic carbocycles. The fourth-order valence-electron chi connectivity index (χ4n) is 1.92. The zero-order valence-electron chi connectivity index (χ0n) is 12.7. The van der Waals surface area contributed by atoms with Crippen LogP contribution in [0.15, 0.2) is 53.6 Å². The molecule has 7 nitrogen and oxygen atoms in total. The van der Waals surface area contributed by atoms with Gasteiger partial charge in [0.05, 0.1) is 24.2 Å². The summed E-state index contributed by atoms with van der Waals surface area (Å²) in [5.74, 6) is -0.468. The number of hydrogen-bond donors (Lipinski definition) is 1. The Kier molecular flexibility index (Phi) is 5.86. The average Bonchev–Trinajstić information content (AvgIpc) is 2.59. The van der Waals surface area contributed by atoms with Gasteiger partial charge < -0.3 is 4.74 Å². The molecule has 0 fully saturated rings. The molecule has 0 atom stereocenters. The van der Waals surface area contributed by atoms with Gasteiger partial charge in [-0.25, -0.2) is 0 Å². The quantitative estimate of drug-likeness (QED) is 0.372. The third-order valence-electron chi connectivity index (χ3n) is 3.11. The number of nitrogens with one attached hydrogen (secondary N) is 1. The number of hydrazone groups is 1. The standard InChI is InChI=1S/C16H14ClN3O4/c1-24-16(21)10-14(11-5-3-2-4-6-11)19-18-13-8-7-12(17)9-15(13)20(22)23/h2-9,18H,10H2,1H3/b19-14-. The van der Waals surface area contributed by atoms with Crippen LogP contribution in [0.4, 0.5) is 11.4 Å². The maximum absolute atomic E-state index is 11.6. The molecule has 0 aliphatic rings. The van der Waals surface area contributed by atoms with Crippen LogP contribution < -0.4 is 5.43 Å². The highest BCUT2D eigenvalue weighted by molar-refractivity contribution is 6.30. The van der Waals surface area contributed by atoms with Crippen molar-refractivity contribution in [2.45, 2.75) is 6.42 Å². The van der Waals surface area contributed by atoms with Crippen molar-refractivity contribution < 1.29 is 14.5 Å². The summed E-state index contributed by atoms with van der Waals surface area (Å²) in [4.78, 5) is 22.1. The molecule has 24 heavy (non-hydrogen) atoms. The summed E-state index contributed by atoms with van der Waals surface area (Å²) in [5.41, 5.74) is 3.68. The smallest absolute Gasteiger partial charge is 0.311 e. The van der Waals surface area contributed by atoms with Crippen molar-refractivity contribution in [2.75, 3.05) is 12.5 Å². The van der Waals surface area contributed by atoms with Gasteiger partial charge in [-0.3, -0.25) is 20.3 Å². The normalized spacial score (nSPS) is 11.0. The topological polar surface area (TPSA) is 93.8 Å². The third-order valence-corrected chi connectivity index (χ3v) is 3.35. The lowest BCUT2D eigenvalue weighted by molar-refractivity contribution is -0.383. The first-order valence-electron chi connectivity index (χ1n) is 6.90. The summed E-state index contributed by atoms with van der Waals surface area (Å²) in [6.07, 6.45) is -0.0745. The predicted molar refractivity (Wildman–Crippen MR) is 91.3 cm³/mol. The fraction of sp³-hybridized carbons (Fsp3) is 0.125. The summed E-state index contributed by atoms with van der Waals surface area (Å²) < 4.78 is 4.66. The minimum Gasteiger partial charge on any atom is -0.469 e. The molecular weight excluding hydrogens is 334 g/mol. The molecule has 0 saturated heterocycles. The number of carbonyl (C=O) groups is 1. The highest BCUT2D eigenvalue weighted by Crippen LogP contribution is 2.27. The molecule has 1 N–H and O–H groups in total. The van der Waals surface area contributed by atoms with E-state index in [9.17, 15) is 14.9 Å². The van der Waals surface area contributed by atoms with Crippen LogP contribution in [-0.4, -0.2) is 23.7 Å². The van der Waals surface area contributed by atoms with E-state index < -0.39 is 10.9 Å². The fourth-order valence-corrected chi connectivity index (χ4v) is 2.09. The minimum absolute atomic E-state index is 0.0745. The number of hydrogen-bond acceptors (Lipinski definition) is 6. The van der Waals surface area contributed by atoms with Crippen LogP contribution in [0.25, 0.3) is 0 Å². The van der Waals surface area contributed by atoms with Crippen molar-refractivity contribution in [1.82, 2.24) is 0 Å². The van der Waals surface area contributed by atoms with Gasteiger partial charge in [-0.05, 0) is 17.7 Å². The number of nitro benzene ring substituents is 1. The van der Waals surface area contributed by atoms with Crippen LogP contribution in [0.2, 0.25) is 5.02 Å². The summed E-state index contributed by atoms with van der Waals surface area (Å²) in [6, 6.07) is 13.2. The molecule has 0 saturated carbocycles. The van der Waals surface area contributed by atoms with E-state index in [1.165, 1.54) is 25.3 Å². The van der Waals surface area contributed by atoms with Crippen LogP contribution in [0.3, 0.4) is 0 Å². The van der Waals surface area contributed by atoms with Gasteiger partial charge in [0.15, 0.2) is 0 Å². The molecule has 0 unspecified atom stereocenters. The van der Waals surface area contributed by atoms with Gasteiger partial charge in [0.2, 0.25) is 0 Å². The van der Waals surface area contributed by atoms with Crippen molar-refractivity contribution in [1.29, 1.82) is 0 Å². The van der Waals surface area contributed by atoms with Gasteiger partial charge in [0, 0.05) is 11.1 Å². The molecule has 0 radical (unpaired) electrons. The van der Waals surface area contributed by atoms with Crippen molar-refractivity contribution in [2.24, 2.45) is 5.10 Å². The minimum atomic E-state index is -0.563. The van der Waals surface area contributed by atoms with E-state index in [4.69, 9.17) is 11.6 Å². The number of carbonyl (C=O) groups excluding carboxylic acids is 1. The monoisotopic (exact) mass is 347 g/mol. The zero-order chi connectivity index (χ0) is 17.5. The van der Waals surface area contributed by atoms with Gasteiger partial charge in [0.25, 0.3) is 5.69 Å². The van der Waals surface area contributed by atoms with E-state index in [2.05, 4.69) is 15.3 Å². The first kappa shape index (κ1) is 17.4. The van der Waals surface area contributed by atoms with E-state index in [1.807, 2.05) is 6.07 Å². The van der Waals surface area contributed by atoms with Gasteiger partial charge in [-0.1, -0.05) is 41.9 Å². The van der Waals surface area contributed by atoms with Gasteiger partial charge >= 0.3 is 5.97 Å². The number of anilines is 1. The first-order valence-corrected chi connectivity index (χ1v) is 7.28. The molecule has 0 bridgehead atoms. The zero-order valence-corrected chi connectivity index (χ0v) is 13.5. The van der Waals surface area contributed by atoms with Crippen LogP contribution in [0, 0.1) is 10.1 Å². The van der Waals surface area contributed by atoms with Crippen LogP contribution in [0.1, 0.15) is 12.0 Å². The summed E-state index contributed by atoms with van der Waals surface area (Å²) in [6.45, 7) is 0. The molecule has 0 spiro atoms. The highest BCUT2D eigenvalue weighted by Gasteiger charge is 2.15. The van der Waals surface area contributed by atoms with Gasteiger partial charge in [-0.2, -0.15) is 5.10 Å². The van der Waals surface area contributed by atoms with E-state index >= 15 is 0 Å². The van der Waals surface area contributed by atoms with Crippen molar-refractivity contribution in [3.05, 3.63) is 69.2 Å². The number of benzene rings is 2. The summed E-state index contributed by atoms with van der Waals surface area (Å²) in [7, 11) is 1.28. The molecule has 2 aromatic rings. The number of ether oxygens (including phenoxy) is 1. The molecule has 2 aromatic carbocycles. The molecular formula is C16H14ClN3O4. The van der Waals surface area contributed by atoms with Crippen molar-refractivity contribution in [3.8, 4) is 0 Å². The second kappa shape index (κ2) is 8.07. The number of nitro groups is 1. The number of nitrogens with zero attached hydrogens (tertiary/aromatic N) is 2. The average molecular weight is 348 g/mol. The Balaban J connectivity index is 2.34. The molecule has 0 aliphatic heterocycles. The lowest BCUT2D eigenvalue weighted by Gasteiger charge is -2.08. The molecule has 124 valence electrons. The first-order chi connectivity index (χ1) is 11.5. The van der Waals surface area contributed by atoms with E-state index in [0.29, 0.717) is 11.3 Å². The Morgan fingerprint density at radius 1 is 1.29 bits per heavy atom. The molecule has 0 aromatic heterocycles. The molecule has 0 heterocycles. The number of esters is 1. The van der Waals surface area contributed by atoms with E-state index in [-0.39, 0.29) is 22.8 Å². The molecule has 8 heteroatoms. The second-order valence-electron chi connectivity index (χ2n) is 4.71. The number of rotatable bonds is 6. The summed E-state index contributed by atoms with van der Waals surface area (Å²) in [5, 5.41) is 15.5. The largest absolute Gasteiger partial charge is 0.469 e. The lowest BCUT2D eigenvalue weighted by Crippen LogP contribution is -2.12. The number of halogens is 1. The Morgan fingerprint density at radius 2 is 2.00 bits per heavy atom. The van der Waals surface area contributed by atoms with Gasteiger partial charge in [0.1, 0.15) is 5.69 Å². The maximum atomic E-state index is 11.6. The predicted octanol–water partition coefficient (Wildman–Crippen LogP) is 3.63. The SMILES string of the molecule is COC(=O)C/C(=N/Nc1ccc(Cl)cc1[N+](=O)[O-])c1ccccc1. The van der Waals surface area contributed by atoms with Crippen LogP contribution in [-0.2, 0) is 9.53 Å². The van der Waals surface area contributed by atoms with E-state index in [1.54, 1.807) is 24.3 Å². The number of methoxy groups -OCH3 is 1. The maximum Gasteiger partial charge on any atom is 0.311 e. The Morgan fingerprint density at radius 3 is 2.62 bits per heavy atom. The Hall–Kier alpha value is -2.93. The molecule has 2 rings (SSSR count).